The fourth-order valence-corrected chi connectivity index (χ4v) is 1.96. The van der Waals surface area contributed by atoms with Gasteiger partial charge in [0.25, 0.3) is 0 Å². The van der Waals surface area contributed by atoms with Crippen molar-refractivity contribution in [3.63, 3.8) is 0 Å². The van der Waals surface area contributed by atoms with Gasteiger partial charge in [-0.1, -0.05) is 0 Å². The number of carboxylic acids is 2. The molecule has 0 aliphatic carbocycles. The number of ketones is 1. The van der Waals surface area contributed by atoms with Gasteiger partial charge in [-0.15, -0.1) is 0 Å². The molecule has 0 rings (SSSR count). The standard InChI is InChI=1S/C13H21N3O7/c1-11(19)6-16(9-14(2-4-17)3-5-18)10-15(7-12(20)21)8-13(22)23/h4-5H,2-3,6-10H2,1H3,(H,20,21)(H,22,23). The second kappa shape index (κ2) is 11.4. The van der Waals surface area contributed by atoms with E-state index in [9.17, 15) is 24.0 Å². The van der Waals surface area contributed by atoms with Crippen molar-refractivity contribution < 1.29 is 34.2 Å². The Morgan fingerprint density at radius 1 is 0.783 bits per heavy atom. The lowest BCUT2D eigenvalue weighted by Gasteiger charge is -2.31. The molecule has 0 saturated carbocycles. The van der Waals surface area contributed by atoms with Gasteiger partial charge in [-0.25, -0.2) is 0 Å². The molecule has 0 aromatic carbocycles. The first-order valence-electron chi connectivity index (χ1n) is 6.75. The van der Waals surface area contributed by atoms with Crippen molar-refractivity contribution in [2.45, 2.75) is 6.92 Å². The van der Waals surface area contributed by atoms with Crippen molar-refractivity contribution >= 4 is 30.3 Å². The smallest absolute Gasteiger partial charge is 0.317 e. The van der Waals surface area contributed by atoms with Crippen LogP contribution in [-0.4, -0.2) is 101 Å². The maximum atomic E-state index is 11.3. The minimum Gasteiger partial charge on any atom is -0.480 e. The van der Waals surface area contributed by atoms with E-state index in [2.05, 4.69) is 0 Å². The Hall–Kier alpha value is -2.17. The molecule has 130 valence electrons. The van der Waals surface area contributed by atoms with Crippen molar-refractivity contribution in [3.8, 4) is 0 Å². The molecule has 0 unspecified atom stereocenters. The SMILES string of the molecule is CC(=O)CN(CN(CC=O)CC=O)CN(CC(=O)O)CC(=O)O. The van der Waals surface area contributed by atoms with Crippen LogP contribution in [0.1, 0.15) is 6.92 Å². The highest BCUT2D eigenvalue weighted by Gasteiger charge is 2.19. The number of hydrogen-bond acceptors (Lipinski definition) is 8. The van der Waals surface area contributed by atoms with Crippen LogP contribution in [-0.2, 0) is 24.0 Å². The van der Waals surface area contributed by atoms with Gasteiger partial charge in [-0.3, -0.25) is 29.1 Å². The Morgan fingerprint density at radius 2 is 1.22 bits per heavy atom. The highest BCUT2D eigenvalue weighted by molar-refractivity contribution is 5.77. The van der Waals surface area contributed by atoms with Crippen LogP contribution in [0, 0.1) is 0 Å². The number of carboxylic acid groups (broad SMARTS) is 2. The van der Waals surface area contributed by atoms with Gasteiger partial charge in [0.1, 0.15) is 18.4 Å². The lowest BCUT2D eigenvalue weighted by molar-refractivity contribution is -0.142. The largest absolute Gasteiger partial charge is 0.480 e. The number of aliphatic carboxylic acids is 2. The predicted molar refractivity (Wildman–Crippen MR) is 77.7 cm³/mol. The zero-order valence-corrected chi connectivity index (χ0v) is 12.9. The zero-order chi connectivity index (χ0) is 17.8. The second-order valence-corrected chi connectivity index (χ2v) is 4.96. The average molecular weight is 331 g/mol. The summed E-state index contributed by atoms with van der Waals surface area (Å²) in [5.41, 5.74) is 0. The van der Waals surface area contributed by atoms with Gasteiger partial charge < -0.3 is 19.8 Å². The van der Waals surface area contributed by atoms with Crippen LogP contribution in [0.2, 0.25) is 0 Å². The highest BCUT2D eigenvalue weighted by atomic mass is 16.4. The van der Waals surface area contributed by atoms with Crippen LogP contribution in [0.25, 0.3) is 0 Å². The summed E-state index contributed by atoms with van der Waals surface area (Å²) in [6, 6.07) is 0. The van der Waals surface area contributed by atoms with E-state index in [1.54, 1.807) is 0 Å². The van der Waals surface area contributed by atoms with Gasteiger partial charge >= 0.3 is 11.9 Å². The van der Waals surface area contributed by atoms with Crippen molar-refractivity contribution in [3.05, 3.63) is 0 Å². The van der Waals surface area contributed by atoms with Crippen LogP contribution in [0.5, 0.6) is 0 Å². The van der Waals surface area contributed by atoms with Gasteiger partial charge in [0.2, 0.25) is 0 Å². The molecule has 0 bridgehead atoms. The van der Waals surface area contributed by atoms with Gasteiger partial charge in [-0.2, -0.15) is 0 Å². The normalized spacial score (nSPS) is 11.0. The van der Waals surface area contributed by atoms with E-state index in [0.717, 1.165) is 4.90 Å². The molecule has 0 saturated heterocycles. The number of hydrogen-bond donors (Lipinski definition) is 2. The Bertz CT molecular complexity index is 415. The number of rotatable bonds is 14. The fraction of sp³-hybridized carbons (Fsp3) is 0.615. The lowest BCUT2D eigenvalue weighted by atomic mass is 10.4. The Labute approximate surface area is 133 Å². The van der Waals surface area contributed by atoms with E-state index >= 15 is 0 Å². The Morgan fingerprint density at radius 3 is 1.57 bits per heavy atom. The molecule has 0 spiro atoms. The quantitative estimate of drug-likeness (QED) is 0.271. The molecule has 0 fully saturated rings. The second-order valence-electron chi connectivity index (χ2n) is 4.96. The summed E-state index contributed by atoms with van der Waals surface area (Å²) in [6.07, 6.45) is 1.20. The fourth-order valence-electron chi connectivity index (χ4n) is 1.96. The molecule has 0 aromatic heterocycles. The monoisotopic (exact) mass is 331 g/mol. The first kappa shape index (κ1) is 20.8. The molecule has 23 heavy (non-hydrogen) atoms. The molecule has 0 atom stereocenters. The van der Waals surface area contributed by atoms with Crippen LogP contribution in [0.3, 0.4) is 0 Å². The number of carbonyl (C=O) groups excluding carboxylic acids is 3. The van der Waals surface area contributed by atoms with E-state index in [-0.39, 0.29) is 38.8 Å². The van der Waals surface area contributed by atoms with Crippen molar-refractivity contribution in [1.29, 1.82) is 0 Å². The topological polar surface area (TPSA) is 136 Å². The molecule has 10 heteroatoms. The van der Waals surface area contributed by atoms with E-state index in [1.807, 2.05) is 0 Å². The molecule has 0 aromatic rings. The maximum Gasteiger partial charge on any atom is 0.317 e. The summed E-state index contributed by atoms with van der Waals surface area (Å²) in [5, 5.41) is 17.6. The summed E-state index contributed by atoms with van der Waals surface area (Å²) in [4.78, 5) is 58.2. The van der Waals surface area contributed by atoms with Gasteiger partial charge in [0.05, 0.1) is 46.1 Å². The molecular weight excluding hydrogens is 310 g/mol. The molecule has 0 heterocycles. The summed E-state index contributed by atoms with van der Waals surface area (Å²) < 4.78 is 0. The van der Waals surface area contributed by atoms with Gasteiger partial charge in [0.15, 0.2) is 0 Å². The van der Waals surface area contributed by atoms with Gasteiger partial charge in [0, 0.05) is 0 Å². The third-order valence-electron chi connectivity index (χ3n) is 2.63. The predicted octanol–water partition coefficient (Wildman–Crippen LogP) is -2.04. The maximum absolute atomic E-state index is 11.3. The molecule has 2 N–H and O–H groups in total. The average Bonchev–Trinajstić information content (AvgIpc) is 2.36. The molecule has 0 amide bonds. The first-order chi connectivity index (χ1) is 10.8. The van der Waals surface area contributed by atoms with E-state index in [1.165, 1.54) is 16.7 Å². The van der Waals surface area contributed by atoms with E-state index < -0.39 is 25.0 Å². The van der Waals surface area contributed by atoms with E-state index in [4.69, 9.17) is 10.2 Å². The number of aldehydes is 2. The zero-order valence-electron chi connectivity index (χ0n) is 12.9. The van der Waals surface area contributed by atoms with Crippen molar-refractivity contribution in [1.82, 2.24) is 14.7 Å². The van der Waals surface area contributed by atoms with Crippen LogP contribution < -0.4 is 0 Å². The van der Waals surface area contributed by atoms with Crippen molar-refractivity contribution in [2.24, 2.45) is 0 Å². The highest BCUT2D eigenvalue weighted by Crippen LogP contribution is 1.99. The van der Waals surface area contributed by atoms with Crippen LogP contribution >= 0.6 is 0 Å². The molecule has 0 aliphatic heterocycles. The number of carbonyl (C=O) groups is 5. The summed E-state index contributed by atoms with van der Waals surface area (Å²) in [6.45, 7) is 0.110. The molecule has 0 radical (unpaired) electrons. The minimum atomic E-state index is -1.20. The summed E-state index contributed by atoms with van der Waals surface area (Å²) in [7, 11) is 0. The third kappa shape index (κ3) is 11.1. The number of Topliss-reactive ketones (excluding diaryl/α,β-unsaturated/α-hetero) is 1. The number of nitrogens with zero attached hydrogens (tertiary/aromatic N) is 3. The van der Waals surface area contributed by atoms with Crippen LogP contribution in [0.15, 0.2) is 0 Å². The molecular formula is C13H21N3O7. The first-order valence-corrected chi connectivity index (χ1v) is 6.75. The minimum absolute atomic E-state index is 0.0367. The van der Waals surface area contributed by atoms with Gasteiger partial charge in [-0.05, 0) is 6.92 Å². The van der Waals surface area contributed by atoms with Crippen LogP contribution in [0.4, 0.5) is 0 Å². The van der Waals surface area contributed by atoms with E-state index in [0.29, 0.717) is 12.6 Å². The lowest BCUT2D eigenvalue weighted by Crippen LogP contribution is -2.49. The summed E-state index contributed by atoms with van der Waals surface area (Å²) in [5.74, 6) is -2.62. The molecule has 0 aliphatic rings. The Balaban J connectivity index is 4.97. The Kier molecular flexibility index (Phi) is 10.3. The third-order valence-corrected chi connectivity index (χ3v) is 2.63. The summed E-state index contributed by atoms with van der Waals surface area (Å²) >= 11 is 0. The molecule has 10 nitrogen and oxygen atoms in total. The van der Waals surface area contributed by atoms with Crippen molar-refractivity contribution in [2.75, 3.05) is 46.1 Å².